The van der Waals surface area contributed by atoms with Gasteiger partial charge in [-0.3, -0.25) is 4.99 Å². The molecule has 0 unspecified atom stereocenters. The first-order chi connectivity index (χ1) is 11.1. The van der Waals surface area contributed by atoms with Crippen LogP contribution in [0.25, 0.3) is 0 Å². The lowest BCUT2D eigenvalue weighted by Gasteiger charge is -2.13. The zero-order valence-electron chi connectivity index (χ0n) is 13.8. The molecule has 0 saturated carbocycles. The number of rotatable bonds is 3. The fourth-order valence-electron chi connectivity index (χ4n) is 2.61. The SMILES string of the molecule is Cc1ccccc1C(=O)Oc1cccc(NC2=NCCC2)c1C.Cl. The van der Waals surface area contributed by atoms with E-state index in [-0.39, 0.29) is 18.4 Å². The van der Waals surface area contributed by atoms with E-state index in [1.165, 1.54) is 0 Å². The van der Waals surface area contributed by atoms with Gasteiger partial charge in [0, 0.05) is 24.2 Å². The Kier molecular flexibility index (Phi) is 5.99. The maximum absolute atomic E-state index is 12.4. The van der Waals surface area contributed by atoms with E-state index in [1.807, 2.05) is 50.2 Å². The molecule has 4 nitrogen and oxygen atoms in total. The van der Waals surface area contributed by atoms with Gasteiger partial charge in [-0.1, -0.05) is 24.3 Å². The van der Waals surface area contributed by atoms with Crippen molar-refractivity contribution in [3.63, 3.8) is 0 Å². The van der Waals surface area contributed by atoms with Crippen LogP contribution < -0.4 is 10.1 Å². The number of ether oxygens (including phenoxy) is 1. The average molecular weight is 345 g/mol. The van der Waals surface area contributed by atoms with E-state index in [4.69, 9.17) is 4.74 Å². The molecule has 0 bridgehead atoms. The maximum atomic E-state index is 12.4. The first-order valence-corrected chi connectivity index (χ1v) is 7.83. The van der Waals surface area contributed by atoms with E-state index in [0.717, 1.165) is 42.0 Å². The molecule has 5 heteroatoms. The minimum atomic E-state index is -0.332. The van der Waals surface area contributed by atoms with Crippen molar-refractivity contribution in [1.82, 2.24) is 0 Å². The number of hydrogen-bond acceptors (Lipinski definition) is 4. The molecule has 0 atom stereocenters. The number of anilines is 1. The van der Waals surface area contributed by atoms with E-state index in [9.17, 15) is 4.79 Å². The summed E-state index contributed by atoms with van der Waals surface area (Å²) in [5, 5.41) is 3.33. The number of amidine groups is 1. The third kappa shape index (κ3) is 3.95. The van der Waals surface area contributed by atoms with Crippen LogP contribution in [0.5, 0.6) is 5.75 Å². The largest absolute Gasteiger partial charge is 0.423 e. The van der Waals surface area contributed by atoms with Crippen molar-refractivity contribution < 1.29 is 9.53 Å². The summed E-state index contributed by atoms with van der Waals surface area (Å²) in [6.07, 6.45) is 2.05. The van der Waals surface area contributed by atoms with Gasteiger partial charge < -0.3 is 10.1 Å². The number of halogens is 1. The minimum Gasteiger partial charge on any atom is -0.423 e. The molecule has 1 heterocycles. The molecule has 0 aromatic heterocycles. The van der Waals surface area contributed by atoms with Crippen molar-refractivity contribution in [2.24, 2.45) is 4.99 Å². The molecule has 24 heavy (non-hydrogen) atoms. The number of nitrogens with one attached hydrogen (secondary N) is 1. The summed E-state index contributed by atoms with van der Waals surface area (Å²) in [6.45, 7) is 4.72. The Bertz CT molecular complexity index is 772. The zero-order valence-corrected chi connectivity index (χ0v) is 14.7. The number of carbonyl (C=O) groups is 1. The Hall–Kier alpha value is -2.33. The molecule has 0 aliphatic carbocycles. The third-order valence-electron chi connectivity index (χ3n) is 4.01. The molecule has 3 rings (SSSR count). The van der Waals surface area contributed by atoms with Crippen molar-refractivity contribution >= 4 is 29.9 Å². The maximum Gasteiger partial charge on any atom is 0.343 e. The van der Waals surface area contributed by atoms with Gasteiger partial charge >= 0.3 is 5.97 Å². The highest BCUT2D eigenvalue weighted by atomic mass is 35.5. The second kappa shape index (κ2) is 7.97. The second-order valence-electron chi connectivity index (χ2n) is 5.69. The second-order valence-corrected chi connectivity index (χ2v) is 5.69. The molecular formula is C19H21ClN2O2. The smallest absolute Gasteiger partial charge is 0.343 e. The molecule has 0 amide bonds. The number of aryl methyl sites for hydroxylation is 1. The molecule has 0 fully saturated rings. The Labute approximate surface area is 148 Å². The summed E-state index contributed by atoms with van der Waals surface area (Å²) in [7, 11) is 0. The minimum absolute atomic E-state index is 0. The van der Waals surface area contributed by atoms with E-state index < -0.39 is 0 Å². The highest BCUT2D eigenvalue weighted by Gasteiger charge is 2.15. The van der Waals surface area contributed by atoms with Crippen LogP contribution in [0.2, 0.25) is 0 Å². The number of aliphatic imine (C=N–C) groups is 1. The van der Waals surface area contributed by atoms with E-state index in [0.29, 0.717) is 11.3 Å². The van der Waals surface area contributed by atoms with Crippen LogP contribution in [0.3, 0.4) is 0 Å². The highest BCUT2D eigenvalue weighted by molar-refractivity contribution is 5.97. The number of hydrogen-bond donors (Lipinski definition) is 1. The van der Waals surface area contributed by atoms with Crippen molar-refractivity contribution in [2.45, 2.75) is 26.7 Å². The lowest BCUT2D eigenvalue weighted by molar-refractivity contribution is 0.0733. The first kappa shape index (κ1) is 18.0. The fourth-order valence-corrected chi connectivity index (χ4v) is 2.61. The molecular weight excluding hydrogens is 324 g/mol. The van der Waals surface area contributed by atoms with Gasteiger partial charge in [-0.15, -0.1) is 12.4 Å². The average Bonchev–Trinajstić information content (AvgIpc) is 3.04. The van der Waals surface area contributed by atoms with Gasteiger partial charge in [-0.2, -0.15) is 0 Å². The molecule has 1 N–H and O–H groups in total. The van der Waals surface area contributed by atoms with Crippen molar-refractivity contribution in [2.75, 3.05) is 11.9 Å². The van der Waals surface area contributed by atoms with Crippen LogP contribution >= 0.6 is 12.4 Å². The van der Waals surface area contributed by atoms with Gasteiger partial charge in [0.15, 0.2) is 0 Å². The molecule has 2 aromatic carbocycles. The predicted octanol–water partition coefficient (Wildman–Crippen LogP) is 4.55. The monoisotopic (exact) mass is 344 g/mol. The summed E-state index contributed by atoms with van der Waals surface area (Å²) >= 11 is 0. The Balaban J connectivity index is 0.00000208. The number of benzene rings is 2. The molecule has 0 saturated heterocycles. The Morgan fingerprint density at radius 1 is 1.12 bits per heavy atom. The van der Waals surface area contributed by atoms with E-state index in [2.05, 4.69) is 10.3 Å². The molecule has 2 aromatic rings. The first-order valence-electron chi connectivity index (χ1n) is 7.83. The molecule has 1 aliphatic heterocycles. The molecule has 1 aliphatic rings. The van der Waals surface area contributed by atoms with Gasteiger partial charge in [-0.25, -0.2) is 4.79 Å². The molecule has 126 valence electrons. The van der Waals surface area contributed by atoms with Gasteiger partial charge in [0.1, 0.15) is 11.6 Å². The van der Waals surface area contributed by atoms with Crippen LogP contribution in [-0.2, 0) is 0 Å². The standard InChI is InChI=1S/C19H20N2O2.ClH/c1-13-7-3-4-8-15(13)19(22)23-17-10-5-9-16(14(17)2)21-18-11-6-12-20-18;/h3-5,7-10H,6,11-12H2,1-2H3,(H,20,21);1H. The summed E-state index contributed by atoms with van der Waals surface area (Å²) in [5.41, 5.74) is 3.33. The molecule has 0 radical (unpaired) electrons. The van der Waals surface area contributed by atoms with Crippen LogP contribution in [0, 0.1) is 13.8 Å². The fraction of sp³-hybridized carbons (Fsp3) is 0.263. The van der Waals surface area contributed by atoms with Gasteiger partial charge in [-0.05, 0) is 44.0 Å². The van der Waals surface area contributed by atoms with Crippen LogP contribution in [0.4, 0.5) is 5.69 Å². The number of nitrogens with zero attached hydrogens (tertiary/aromatic N) is 1. The highest BCUT2D eigenvalue weighted by Crippen LogP contribution is 2.27. The summed E-state index contributed by atoms with van der Waals surface area (Å²) < 4.78 is 5.60. The van der Waals surface area contributed by atoms with Crippen molar-refractivity contribution in [3.8, 4) is 5.75 Å². The Morgan fingerprint density at radius 3 is 2.62 bits per heavy atom. The van der Waals surface area contributed by atoms with Crippen LogP contribution in [-0.4, -0.2) is 18.3 Å². The topological polar surface area (TPSA) is 50.7 Å². The molecule has 0 spiro atoms. The van der Waals surface area contributed by atoms with Crippen molar-refractivity contribution in [1.29, 1.82) is 0 Å². The quantitative estimate of drug-likeness (QED) is 0.656. The Morgan fingerprint density at radius 2 is 1.92 bits per heavy atom. The summed E-state index contributed by atoms with van der Waals surface area (Å²) in [5.74, 6) is 1.24. The third-order valence-corrected chi connectivity index (χ3v) is 4.01. The van der Waals surface area contributed by atoms with Gasteiger partial charge in [0.05, 0.1) is 5.56 Å². The zero-order chi connectivity index (χ0) is 16.2. The summed E-state index contributed by atoms with van der Waals surface area (Å²) in [4.78, 5) is 16.8. The van der Waals surface area contributed by atoms with Crippen LogP contribution in [0.15, 0.2) is 47.5 Å². The van der Waals surface area contributed by atoms with Gasteiger partial charge in [0.2, 0.25) is 0 Å². The van der Waals surface area contributed by atoms with E-state index in [1.54, 1.807) is 6.07 Å². The normalized spacial score (nSPS) is 13.0. The number of esters is 1. The predicted molar refractivity (Wildman–Crippen MR) is 99.7 cm³/mol. The lowest BCUT2D eigenvalue weighted by atomic mass is 10.1. The number of carbonyl (C=O) groups excluding carboxylic acids is 1. The summed E-state index contributed by atoms with van der Waals surface area (Å²) in [6, 6.07) is 13.1. The van der Waals surface area contributed by atoms with Gasteiger partial charge in [0.25, 0.3) is 0 Å². The van der Waals surface area contributed by atoms with Crippen LogP contribution in [0.1, 0.15) is 34.3 Å². The van der Waals surface area contributed by atoms with E-state index >= 15 is 0 Å². The lowest BCUT2D eigenvalue weighted by Crippen LogP contribution is -2.13. The van der Waals surface area contributed by atoms with Crippen molar-refractivity contribution in [3.05, 3.63) is 59.2 Å².